The minimum absolute atomic E-state index is 0.107. The zero-order chi connectivity index (χ0) is 17.0. The highest BCUT2D eigenvalue weighted by molar-refractivity contribution is 7.89. The maximum atomic E-state index is 13.9. The molecule has 0 spiro atoms. The number of hydrogen-bond donors (Lipinski definition) is 1. The van der Waals surface area contributed by atoms with Crippen molar-refractivity contribution in [1.82, 2.24) is 4.31 Å². The topological polar surface area (TPSA) is 57.6 Å². The molecule has 0 aliphatic carbocycles. The zero-order valence-corrected chi connectivity index (χ0v) is 13.3. The highest BCUT2D eigenvalue weighted by Gasteiger charge is 2.33. The lowest BCUT2D eigenvalue weighted by atomic mass is 10.0. The van der Waals surface area contributed by atoms with Crippen molar-refractivity contribution in [2.75, 3.05) is 13.7 Å². The highest BCUT2D eigenvalue weighted by Crippen LogP contribution is 2.30. The Morgan fingerprint density at radius 3 is 2.13 bits per heavy atom. The van der Waals surface area contributed by atoms with Crippen LogP contribution in [-0.4, -0.2) is 31.5 Å². The normalized spacial score (nSPS) is 13.3. The van der Waals surface area contributed by atoms with Crippen LogP contribution in [0.15, 0.2) is 53.4 Å². The van der Waals surface area contributed by atoms with Crippen molar-refractivity contribution in [2.24, 2.45) is 0 Å². The number of rotatable bonds is 6. The van der Waals surface area contributed by atoms with E-state index in [2.05, 4.69) is 0 Å². The molecule has 0 amide bonds. The van der Waals surface area contributed by atoms with Gasteiger partial charge < -0.3 is 5.11 Å². The van der Waals surface area contributed by atoms with Gasteiger partial charge in [-0.3, -0.25) is 0 Å². The maximum absolute atomic E-state index is 13.9. The first-order valence-electron chi connectivity index (χ1n) is 6.97. The van der Waals surface area contributed by atoms with Gasteiger partial charge in [0, 0.05) is 13.7 Å². The summed E-state index contributed by atoms with van der Waals surface area (Å²) in [5.41, 5.74) is 0.629. The standard InChI is InChI=1S/C16H17F2NO3S/c1-19(15(10-11-20)12-6-3-2-4-7-12)23(21,22)16-13(17)8-5-9-14(16)18/h2-9,15,20H,10-11H2,1H3. The Hall–Kier alpha value is -1.83. The number of aliphatic hydroxyl groups excluding tert-OH is 1. The Bertz CT molecular complexity index is 746. The van der Waals surface area contributed by atoms with Crippen LogP contribution in [0.3, 0.4) is 0 Å². The predicted molar refractivity (Wildman–Crippen MR) is 82.2 cm³/mol. The smallest absolute Gasteiger partial charge is 0.249 e. The van der Waals surface area contributed by atoms with Gasteiger partial charge in [-0.1, -0.05) is 36.4 Å². The number of aliphatic hydroxyl groups is 1. The van der Waals surface area contributed by atoms with Crippen LogP contribution in [0.2, 0.25) is 0 Å². The zero-order valence-electron chi connectivity index (χ0n) is 12.5. The minimum atomic E-state index is -4.40. The van der Waals surface area contributed by atoms with Gasteiger partial charge in [0.25, 0.3) is 0 Å². The first kappa shape index (κ1) is 17.5. The Kier molecular flexibility index (Phi) is 5.46. The second kappa shape index (κ2) is 7.16. The second-order valence-electron chi connectivity index (χ2n) is 5.01. The van der Waals surface area contributed by atoms with Gasteiger partial charge >= 0.3 is 0 Å². The third kappa shape index (κ3) is 3.57. The van der Waals surface area contributed by atoms with Gasteiger partial charge in [0.1, 0.15) is 11.6 Å². The predicted octanol–water partition coefficient (Wildman–Crippen LogP) is 2.71. The lowest BCUT2D eigenvalue weighted by Gasteiger charge is -2.27. The van der Waals surface area contributed by atoms with Gasteiger partial charge in [-0.15, -0.1) is 0 Å². The lowest BCUT2D eigenvalue weighted by Crippen LogP contribution is -2.33. The average molecular weight is 341 g/mol. The Morgan fingerprint density at radius 1 is 1.04 bits per heavy atom. The molecule has 0 saturated heterocycles. The van der Waals surface area contributed by atoms with E-state index < -0.39 is 32.6 Å². The Balaban J connectivity index is 2.49. The molecule has 2 aromatic rings. The first-order chi connectivity index (χ1) is 10.9. The summed E-state index contributed by atoms with van der Waals surface area (Å²) in [6.07, 6.45) is 0.107. The molecular formula is C16H17F2NO3S. The summed E-state index contributed by atoms with van der Waals surface area (Å²) in [5.74, 6) is -2.29. The largest absolute Gasteiger partial charge is 0.396 e. The number of halogens is 2. The fraction of sp³-hybridized carbons (Fsp3) is 0.250. The van der Waals surface area contributed by atoms with Crippen LogP contribution in [-0.2, 0) is 10.0 Å². The van der Waals surface area contributed by atoms with E-state index in [4.69, 9.17) is 0 Å². The molecular weight excluding hydrogens is 324 g/mol. The number of sulfonamides is 1. The Labute approximate surface area is 134 Å². The molecule has 0 bridgehead atoms. The van der Waals surface area contributed by atoms with Crippen molar-refractivity contribution >= 4 is 10.0 Å². The highest BCUT2D eigenvalue weighted by atomic mass is 32.2. The lowest BCUT2D eigenvalue weighted by molar-refractivity contribution is 0.239. The summed E-state index contributed by atoms with van der Waals surface area (Å²) in [6.45, 7) is -0.265. The van der Waals surface area contributed by atoms with Gasteiger partial charge in [-0.2, -0.15) is 4.31 Å². The Morgan fingerprint density at radius 2 is 1.61 bits per heavy atom. The van der Waals surface area contributed by atoms with Crippen LogP contribution >= 0.6 is 0 Å². The molecule has 0 saturated carbocycles. The van der Waals surface area contributed by atoms with Crippen molar-refractivity contribution in [2.45, 2.75) is 17.4 Å². The molecule has 7 heteroatoms. The summed E-state index contributed by atoms with van der Waals surface area (Å²) in [4.78, 5) is -0.985. The van der Waals surface area contributed by atoms with E-state index in [0.717, 1.165) is 22.5 Å². The summed E-state index contributed by atoms with van der Waals surface area (Å²) in [7, 11) is -3.15. The van der Waals surface area contributed by atoms with Gasteiger partial charge in [0.05, 0.1) is 6.04 Å². The summed E-state index contributed by atoms with van der Waals surface area (Å²) in [5, 5.41) is 9.22. The molecule has 1 N–H and O–H groups in total. The molecule has 0 radical (unpaired) electrons. The maximum Gasteiger partial charge on any atom is 0.249 e. The average Bonchev–Trinajstić information content (AvgIpc) is 2.52. The molecule has 2 aromatic carbocycles. The molecule has 0 aliphatic heterocycles. The van der Waals surface area contributed by atoms with Gasteiger partial charge in [0.2, 0.25) is 10.0 Å². The summed E-state index contributed by atoms with van der Waals surface area (Å²) in [6, 6.07) is 10.8. The molecule has 0 heterocycles. The number of nitrogens with zero attached hydrogens (tertiary/aromatic N) is 1. The van der Waals surface area contributed by atoms with E-state index in [1.807, 2.05) is 0 Å². The van der Waals surface area contributed by atoms with Gasteiger partial charge in [-0.25, -0.2) is 17.2 Å². The molecule has 4 nitrogen and oxygen atoms in total. The molecule has 2 rings (SSSR count). The quantitative estimate of drug-likeness (QED) is 0.879. The van der Waals surface area contributed by atoms with E-state index in [1.54, 1.807) is 30.3 Å². The fourth-order valence-corrected chi connectivity index (χ4v) is 3.88. The second-order valence-corrected chi connectivity index (χ2v) is 6.95. The minimum Gasteiger partial charge on any atom is -0.396 e. The van der Waals surface area contributed by atoms with E-state index in [0.29, 0.717) is 5.56 Å². The molecule has 0 aliphatic rings. The van der Waals surface area contributed by atoms with Crippen molar-refractivity contribution in [3.63, 3.8) is 0 Å². The molecule has 0 fully saturated rings. The van der Waals surface area contributed by atoms with Crippen molar-refractivity contribution in [1.29, 1.82) is 0 Å². The number of benzene rings is 2. The third-order valence-corrected chi connectivity index (χ3v) is 5.50. The van der Waals surface area contributed by atoms with Crippen molar-refractivity contribution in [3.05, 3.63) is 65.7 Å². The van der Waals surface area contributed by atoms with Crippen molar-refractivity contribution < 1.29 is 22.3 Å². The van der Waals surface area contributed by atoms with Crippen LogP contribution in [0.25, 0.3) is 0 Å². The van der Waals surface area contributed by atoms with Gasteiger partial charge in [-0.05, 0) is 24.1 Å². The van der Waals surface area contributed by atoms with Crippen LogP contribution in [0.1, 0.15) is 18.0 Å². The summed E-state index contributed by atoms with van der Waals surface area (Å²) >= 11 is 0. The third-order valence-electron chi connectivity index (χ3n) is 3.58. The van der Waals surface area contributed by atoms with E-state index in [1.165, 1.54) is 7.05 Å². The first-order valence-corrected chi connectivity index (χ1v) is 8.41. The number of hydrogen-bond acceptors (Lipinski definition) is 3. The summed E-state index contributed by atoms with van der Waals surface area (Å²) < 4.78 is 53.9. The molecule has 0 aromatic heterocycles. The van der Waals surface area contributed by atoms with E-state index in [-0.39, 0.29) is 13.0 Å². The van der Waals surface area contributed by atoms with Crippen LogP contribution in [0.4, 0.5) is 8.78 Å². The molecule has 124 valence electrons. The SMILES string of the molecule is CN(C(CCO)c1ccccc1)S(=O)(=O)c1c(F)cccc1F. The van der Waals surface area contributed by atoms with E-state index in [9.17, 15) is 22.3 Å². The van der Waals surface area contributed by atoms with Crippen LogP contribution in [0, 0.1) is 11.6 Å². The molecule has 23 heavy (non-hydrogen) atoms. The van der Waals surface area contributed by atoms with Crippen LogP contribution in [0.5, 0.6) is 0 Å². The molecule has 1 unspecified atom stereocenters. The van der Waals surface area contributed by atoms with Crippen molar-refractivity contribution in [3.8, 4) is 0 Å². The van der Waals surface area contributed by atoms with E-state index >= 15 is 0 Å². The van der Waals surface area contributed by atoms with Crippen LogP contribution < -0.4 is 0 Å². The fourth-order valence-electron chi connectivity index (χ4n) is 2.40. The van der Waals surface area contributed by atoms with Gasteiger partial charge in [0.15, 0.2) is 4.90 Å². The monoisotopic (exact) mass is 341 g/mol. The molecule has 1 atom stereocenters.